The highest BCUT2D eigenvalue weighted by molar-refractivity contribution is 7.99. The van der Waals surface area contributed by atoms with Crippen molar-refractivity contribution >= 4 is 28.8 Å². The second kappa shape index (κ2) is 6.12. The number of nitrogens with one attached hydrogen (secondary N) is 2. The summed E-state index contributed by atoms with van der Waals surface area (Å²) in [5.41, 5.74) is 3.25. The van der Waals surface area contributed by atoms with Crippen molar-refractivity contribution in [3.05, 3.63) is 28.3 Å². The quantitative estimate of drug-likeness (QED) is 0.436. The van der Waals surface area contributed by atoms with E-state index < -0.39 is 4.92 Å². The van der Waals surface area contributed by atoms with Gasteiger partial charge in [0.2, 0.25) is 0 Å². The number of thioether (sulfide) groups is 1. The van der Waals surface area contributed by atoms with Crippen molar-refractivity contribution in [1.29, 1.82) is 0 Å². The van der Waals surface area contributed by atoms with Gasteiger partial charge in [0.1, 0.15) is 11.4 Å². The Morgan fingerprint density at radius 2 is 2.16 bits per heavy atom. The van der Waals surface area contributed by atoms with E-state index in [9.17, 15) is 10.1 Å². The van der Waals surface area contributed by atoms with Gasteiger partial charge in [-0.2, -0.15) is 11.8 Å². The molecule has 19 heavy (non-hydrogen) atoms. The summed E-state index contributed by atoms with van der Waals surface area (Å²) in [7, 11) is 0. The van der Waals surface area contributed by atoms with Crippen LogP contribution in [0.3, 0.4) is 0 Å². The maximum Gasteiger partial charge on any atom is 0.316 e. The molecule has 0 saturated heterocycles. The first kappa shape index (κ1) is 14.0. The number of rotatable bonds is 5. The highest BCUT2D eigenvalue weighted by Crippen LogP contribution is 2.36. The molecule has 0 aliphatic heterocycles. The molecule has 1 fully saturated rings. The van der Waals surface area contributed by atoms with E-state index in [1.807, 2.05) is 11.8 Å². The zero-order valence-electron chi connectivity index (χ0n) is 10.8. The molecule has 2 unspecified atom stereocenters. The number of benzene rings is 1. The van der Waals surface area contributed by atoms with Crippen LogP contribution in [0.25, 0.3) is 0 Å². The summed E-state index contributed by atoms with van der Waals surface area (Å²) in [6.45, 7) is 0. The fourth-order valence-electron chi connectivity index (χ4n) is 2.55. The topological polar surface area (TPSA) is 93.2 Å². The van der Waals surface area contributed by atoms with Crippen LogP contribution >= 0.6 is 11.8 Å². The van der Waals surface area contributed by atoms with Gasteiger partial charge in [0.15, 0.2) is 0 Å². The SMILES string of the molecule is CSC1CCCC1Nc1cccc(NN)c1[N+](=O)[O-]. The lowest BCUT2D eigenvalue weighted by molar-refractivity contribution is -0.383. The molecule has 1 aromatic rings. The minimum Gasteiger partial charge on any atom is -0.376 e. The van der Waals surface area contributed by atoms with Crippen molar-refractivity contribution in [2.75, 3.05) is 17.0 Å². The van der Waals surface area contributed by atoms with Crippen LogP contribution in [0.4, 0.5) is 17.1 Å². The Morgan fingerprint density at radius 3 is 2.79 bits per heavy atom. The summed E-state index contributed by atoms with van der Waals surface area (Å²) in [5.74, 6) is 5.33. The third kappa shape index (κ3) is 2.93. The van der Waals surface area contributed by atoms with Crippen molar-refractivity contribution in [2.24, 2.45) is 5.84 Å². The van der Waals surface area contributed by atoms with Gasteiger partial charge in [0.25, 0.3) is 0 Å². The molecule has 0 bridgehead atoms. The second-order valence-electron chi connectivity index (χ2n) is 4.56. The number of nitrogens with two attached hydrogens (primary N) is 1. The van der Waals surface area contributed by atoms with E-state index in [1.54, 1.807) is 18.2 Å². The van der Waals surface area contributed by atoms with E-state index in [0.29, 0.717) is 16.6 Å². The lowest BCUT2D eigenvalue weighted by Gasteiger charge is -2.20. The van der Waals surface area contributed by atoms with Crippen LogP contribution in [-0.4, -0.2) is 22.5 Å². The Labute approximate surface area is 116 Å². The number of nitro groups is 1. The lowest BCUT2D eigenvalue weighted by Crippen LogP contribution is -2.26. The summed E-state index contributed by atoms with van der Waals surface area (Å²) < 4.78 is 0. The van der Waals surface area contributed by atoms with E-state index in [0.717, 1.165) is 19.3 Å². The van der Waals surface area contributed by atoms with E-state index in [1.165, 1.54) is 0 Å². The molecular formula is C12H18N4O2S. The Morgan fingerprint density at radius 1 is 1.42 bits per heavy atom. The molecule has 1 aromatic carbocycles. The van der Waals surface area contributed by atoms with Gasteiger partial charge in [0, 0.05) is 11.3 Å². The van der Waals surface area contributed by atoms with Gasteiger partial charge in [-0.3, -0.25) is 16.0 Å². The normalized spacial score (nSPS) is 22.2. The number of nitrogen functional groups attached to an aromatic ring is 1. The molecule has 1 saturated carbocycles. The summed E-state index contributed by atoms with van der Waals surface area (Å²) in [5, 5.41) is 15.0. The molecule has 0 amide bonds. The van der Waals surface area contributed by atoms with Crippen LogP contribution in [0.15, 0.2) is 18.2 Å². The Bertz CT molecular complexity index is 469. The first-order chi connectivity index (χ1) is 9.17. The molecule has 0 spiro atoms. The minimum atomic E-state index is -0.402. The molecule has 0 radical (unpaired) electrons. The molecule has 1 aliphatic carbocycles. The maximum atomic E-state index is 11.2. The number of para-hydroxylation sites is 1. The fourth-order valence-corrected chi connectivity index (χ4v) is 3.48. The molecule has 0 heterocycles. The van der Waals surface area contributed by atoms with Crippen molar-refractivity contribution in [3.8, 4) is 0 Å². The summed E-state index contributed by atoms with van der Waals surface area (Å²) in [6, 6.07) is 5.37. The highest BCUT2D eigenvalue weighted by Gasteiger charge is 2.29. The number of anilines is 2. The highest BCUT2D eigenvalue weighted by atomic mass is 32.2. The van der Waals surface area contributed by atoms with E-state index >= 15 is 0 Å². The van der Waals surface area contributed by atoms with Gasteiger partial charge in [-0.25, -0.2) is 0 Å². The third-order valence-corrected chi connectivity index (χ3v) is 4.64. The molecule has 7 heteroatoms. The minimum absolute atomic E-state index is 0.0109. The van der Waals surface area contributed by atoms with Crippen LogP contribution in [-0.2, 0) is 0 Å². The van der Waals surface area contributed by atoms with Crippen LogP contribution in [0.5, 0.6) is 0 Å². The number of hydrazine groups is 1. The zero-order valence-corrected chi connectivity index (χ0v) is 11.6. The Balaban J connectivity index is 2.27. The monoisotopic (exact) mass is 282 g/mol. The average molecular weight is 282 g/mol. The second-order valence-corrected chi connectivity index (χ2v) is 5.64. The molecule has 6 nitrogen and oxygen atoms in total. The molecule has 104 valence electrons. The van der Waals surface area contributed by atoms with Crippen LogP contribution < -0.4 is 16.6 Å². The summed E-state index contributed by atoms with van der Waals surface area (Å²) >= 11 is 1.81. The van der Waals surface area contributed by atoms with Crippen molar-refractivity contribution < 1.29 is 4.92 Å². The predicted octanol–water partition coefficient (Wildman–Crippen LogP) is 2.58. The maximum absolute atomic E-state index is 11.2. The van der Waals surface area contributed by atoms with E-state index in [-0.39, 0.29) is 11.7 Å². The first-order valence-corrected chi connectivity index (χ1v) is 7.49. The van der Waals surface area contributed by atoms with Crippen molar-refractivity contribution in [3.63, 3.8) is 0 Å². The zero-order chi connectivity index (χ0) is 13.8. The lowest BCUT2D eigenvalue weighted by atomic mass is 10.2. The largest absolute Gasteiger partial charge is 0.376 e. The molecule has 1 aliphatic rings. The summed E-state index contributed by atoms with van der Waals surface area (Å²) in [4.78, 5) is 10.8. The number of nitro benzene ring substituents is 1. The van der Waals surface area contributed by atoms with Crippen LogP contribution in [0.2, 0.25) is 0 Å². The van der Waals surface area contributed by atoms with Gasteiger partial charge >= 0.3 is 5.69 Å². The average Bonchev–Trinajstić information content (AvgIpc) is 2.85. The van der Waals surface area contributed by atoms with Crippen LogP contribution in [0.1, 0.15) is 19.3 Å². The van der Waals surface area contributed by atoms with E-state index in [4.69, 9.17) is 5.84 Å². The van der Waals surface area contributed by atoms with E-state index in [2.05, 4.69) is 17.0 Å². The smallest absolute Gasteiger partial charge is 0.316 e. The van der Waals surface area contributed by atoms with Crippen molar-refractivity contribution in [1.82, 2.24) is 0 Å². The third-order valence-electron chi connectivity index (χ3n) is 3.47. The number of hydrogen-bond acceptors (Lipinski definition) is 6. The molecule has 4 N–H and O–H groups in total. The number of hydrogen-bond donors (Lipinski definition) is 3. The Hall–Kier alpha value is -1.47. The first-order valence-electron chi connectivity index (χ1n) is 6.20. The summed E-state index contributed by atoms with van der Waals surface area (Å²) in [6.07, 6.45) is 5.44. The molecular weight excluding hydrogens is 264 g/mol. The van der Waals surface area contributed by atoms with Gasteiger partial charge in [-0.05, 0) is 31.2 Å². The van der Waals surface area contributed by atoms with Gasteiger partial charge in [0.05, 0.1) is 4.92 Å². The fraction of sp³-hybridized carbons (Fsp3) is 0.500. The molecule has 2 atom stereocenters. The van der Waals surface area contributed by atoms with Crippen LogP contribution in [0, 0.1) is 10.1 Å². The van der Waals surface area contributed by atoms with Gasteiger partial charge in [-0.1, -0.05) is 12.5 Å². The standard InChI is InChI=1S/C12H18N4O2S/c1-19-11-7-3-4-8(11)14-9-5-2-6-10(15-13)12(9)16(17)18/h2,5-6,8,11,14-15H,3-4,7,13H2,1H3. The van der Waals surface area contributed by atoms with Gasteiger partial charge in [-0.15, -0.1) is 0 Å². The predicted molar refractivity (Wildman–Crippen MR) is 79.5 cm³/mol. The molecule has 0 aromatic heterocycles. The molecule has 2 rings (SSSR count). The van der Waals surface area contributed by atoms with Gasteiger partial charge < -0.3 is 10.7 Å². The van der Waals surface area contributed by atoms with Crippen molar-refractivity contribution in [2.45, 2.75) is 30.6 Å². The number of nitrogens with zero attached hydrogens (tertiary/aromatic N) is 1. The Kier molecular flexibility index (Phi) is 4.49.